The van der Waals surface area contributed by atoms with Gasteiger partial charge in [-0.1, -0.05) is 12.1 Å². The summed E-state index contributed by atoms with van der Waals surface area (Å²) in [5.41, 5.74) is 7.48. The standard InChI is InChI=1S/C12H17NO3/c1-8(2)16-7-9-5-4-6-10(11(9)13)12(14)15-3/h4-6,8H,7,13H2,1-3H3. The predicted octanol–water partition coefficient (Wildman–Crippen LogP) is 1.98. The van der Waals surface area contributed by atoms with E-state index in [-0.39, 0.29) is 6.10 Å². The first kappa shape index (κ1) is 12.5. The Morgan fingerprint density at radius 1 is 1.44 bits per heavy atom. The number of para-hydroxylation sites is 1. The third-order valence-corrected chi connectivity index (χ3v) is 2.17. The number of nitrogen functional groups attached to an aromatic ring is 1. The molecule has 0 amide bonds. The first-order chi connectivity index (χ1) is 7.56. The van der Waals surface area contributed by atoms with Crippen molar-refractivity contribution in [3.8, 4) is 0 Å². The van der Waals surface area contributed by atoms with E-state index in [0.29, 0.717) is 17.9 Å². The monoisotopic (exact) mass is 223 g/mol. The second-order valence-electron chi connectivity index (χ2n) is 3.73. The van der Waals surface area contributed by atoms with Crippen LogP contribution < -0.4 is 5.73 Å². The first-order valence-electron chi connectivity index (χ1n) is 5.13. The Bertz CT molecular complexity index is 375. The molecule has 0 saturated heterocycles. The molecule has 0 saturated carbocycles. The highest BCUT2D eigenvalue weighted by Crippen LogP contribution is 2.19. The lowest BCUT2D eigenvalue weighted by Crippen LogP contribution is -2.10. The average molecular weight is 223 g/mol. The third-order valence-electron chi connectivity index (χ3n) is 2.17. The minimum Gasteiger partial charge on any atom is -0.465 e. The fourth-order valence-corrected chi connectivity index (χ4v) is 1.28. The molecule has 1 rings (SSSR count). The van der Waals surface area contributed by atoms with Crippen molar-refractivity contribution in [2.45, 2.75) is 26.6 Å². The summed E-state index contributed by atoms with van der Waals surface area (Å²) in [5, 5.41) is 0. The molecule has 0 aromatic heterocycles. The minimum atomic E-state index is -0.427. The summed E-state index contributed by atoms with van der Waals surface area (Å²) in [4.78, 5) is 11.4. The molecule has 0 heterocycles. The van der Waals surface area contributed by atoms with E-state index < -0.39 is 5.97 Å². The summed E-state index contributed by atoms with van der Waals surface area (Å²) in [6.07, 6.45) is 0.126. The van der Waals surface area contributed by atoms with Crippen molar-refractivity contribution in [2.75, 3.05) is 12.8 Å². The van der Waals surface area contributed by atoms with Gasteiger partial charge in [-0.3, -0.25) is 0 Å². The van der Waals surface area contributed by atoms with Crippen LogP contribution in [0.5, 0.6) is 0 Å². The van der Waals surface area contributed by atoms with Gasteiger partial charge in [0.25, 0.3) is 0 Å². The van der Waals surface area contributed by atoms with Gasteiger partial charge in [-0.15, -0.1) is 0 Å². The van der Waals surface area contributed by atoms with Gasteiger partial charge in [-0.2, -0.15) is 0 Å². The number of nitrogens with two attached hydrogens (primary N) is 1. The molecule has 88 valence electrons. The van der Waals surface area contributed by atoms with Crippen LogP contribution in [-0.4, -0.2) is 19.2 Å². The van der Waals surface area contributed by atoms with Crippen LogP contribution in [0.3, 0.4) is 0 Å². The fraction of sp³-hybridized carbons (Fsp3) is 0.417. The van der Waals surface area contributed by atoms with Gasteiger partial charge in [0.2, 0.25) is 0 Å². The van der Waals surface area contributed by atoms with E-state index in [2.05, 4.69) is 4.74 Å². The molecule has 2 N–H and O–H groups in total. The van der Waals surface area contributed by atoms with Crippen LogP contribution in [0.25, 0.3) is 0 Å². The van der Waals surface area contributed by atoms with Crippen LogP contribution in [0, 0.1) is 0 Å². The van der Waals surface area contributed by atoms with Crippen molar-refractivity contribution in [3.05, 3.63) is 29.3 Å². The number of carbonyl (C=O) groups excluding carboxylic acids is 1. The van der Waals surface area contributed by atoms with Gasteiger partial charge in [-0.25, -0.2) is 4.79 Å². The molecule has 4 nitrogen and oxygen atoms in total. The van der Waals surface area contributed by atoms with Crippen LogP contribution in [-0.2, 0) is 16.1 Å². The zero-order valence-electron chi connectivity index (χ0n) is 9.82. The van der Waals surface area contributed by atoms with E-state index >= 15 is 0 Å². The Morgan fingerprint density at radius 3 is 2.69 bits per heavy atom. The number of methoxy groups -OCH3 is 1. The van der Waals surface area contributed by atoms with Crippen molar-refractivity contribution < 1.29 is 14.3 Å². The van der Waals surface area contributed by atoms with Crippen LogP contribution in [0.4, 0.5) is 5.69 Å². The number of rotatable bonds is 4. The molecular weight excluding hydrogens is 206 g/mol. The first-order valence-corrected chi connectivity index (χ1v) is 5.13. The normalized spacial score (nSPS) is 10.5. The molecule has 0 spiro atoms. The van der Waals surface area contributed by atoms with Gasteiger partial charge in [0.05, 0.1) is 31.1 Å². The molecule has 0 aliphatic heterocycles. The van der Waals surface area contributed by atoms with Gasteiger partial charge in [0.1, 0.15) is 0 Å². The predicted molar refractivity (Wildman–Crippen MR) is 62.1 cm³/mol. The minimum absolute atomic E-state index is 0.126. The Hall–Kier alpha value is -1.55. The molecule has 0 atom stereocenters. The number of benzene rings is 1. The summed E-state index contributed by atoms with van der Waals surface area (Å²) in [6, 6.07) is 5.24. The molecule has 4 heteroatoms. The average Bonchev–Trinajstić information content (AvgIpc) is 2.26. The van der Waals surface area contributed by atoms with Crippen LogP contribution in [0.1, 0.15) is 29.8 Å². The van der Waals surface area contributed by atoms with E-state index in [0.717, 1.165) is 5.56 Å². The zero-order valence-corrected chi connectivity index (χ0v) is 9.82. The molecule has 1 aromatic carbocycles. The zero-order chi connectivity index (χ0) is 12.1. The summed E-state index contributed by atoms with van der Waals surface area (Å²) >= 11 is 0. The number of esters is 1. The van der Waals surface area contributed by atoms with Crippen molar-refractivity contribution in [1.82, 2.24) is 0 Å². The molecule has 16 heavy (non-hydrogen) atoms. The lowest BCUT2D eigenvalue weighted by Gasteiger charge is -2.11. The van der Waals surface area contributed by atoms with E-state index in [4.69, 9.17) is 10.5 Å². The Kier molecular flexibility index (Phi) is 4.31. The Morgan fingerprint density at radius 2 is 2.12 bits per heavy atom. The molecule has 0 radical (unpaired) electrons. The maximum absolute atomic E-state index is 11.4. The highest BCUT2D eigenvalue weighted by atomic mass is 16.5. The SMILES string of the molecule is COC(=O)c1cccc(COC(C)C)c1N. The Labute approximate surface area is 95.3 Å². The Balaban J connectivity index is 2.90. The molecule has 1 aromatic rings. The number of hydrogen-bond acceptors (Lipinski definition) is 4. The quantitative estimate of drug-likeness (QED) is 0.626. The van der Waals surface area contributed by atoms with Crippen molar-refractivity contribution in [2.24, 2.45) is 0 Å². The smallest absolute Gasteiger partial charge is 0.339 e. The number of hydrogen-bond donors (Lipinski definition) is 1. The summed E-state index contributed by atoms with van der Waals surface area (Å²) in [6.45, 7) is 4.29. The van der Waals surface area contributed by atoms with E-state index in [1.54, 1.807) is 12.1 Å². The lowest BCUT2D eigenvalue weighted by molar-refractivity contribution is 0.0599. The molecular formula is C12H17NO3. The highest BCUT2D eigenvalue weighted by Gasteiger charge is 2.12. The van der Waals surface area contributed by atoms with Gasteiger partial charge in [-0.05, 0) is 19.9 Å². The van der Waals surface area contributed by atoms with Gasteiger partial charge >= 0.3 is 5.97 Å². The van der Waals surface area contributed by atoms with Crippen molar-refractivity contribution >= 4 is 11.7 Å². The van der Waals surface area contributed by atoms with E-state index in [1.165, 1.54) is 7.11 Å². The summed E-state index contributed by atoms with van der Waals surface area (Å²) in [7, 11) is 1.33. The van der Waals surface area contributed by atoms with Gasteiger partial charge in [0, 0.05) is 5.56 Å². The molecule has 0 bridgehead atoms. The molecule has 0 aliphatic rings. The molecule has 0 fully saturated rings. The van der Waals surface area contributed by atoms with E-state index in [1.807, 2.05) is 19.9 Å². The van der Waals surface area contributed by atoms with Crippen molar-refractivity contribution in [3.63, 3.8) is 0 Å². The van der Waals surface area contributed by atoms with E-state index in [9.17, 15) is 4.79 Å². The topological polar surface area (TPSA) is 61.5 Å². The summed E-state index contributed by atoms with van der Waals surface area (Å²) in [5.74, 6) is -0.427. The van der Waals surface area contributed by atoms with Crippen LogP contribution in [0.15, 0.2) is 18.2 Å². The van der Waals surface area contributed by atoms with Gasteiger partial charge < -0.3 is 15.2 Å². The van der Waals surface area contributed by atoms with Gasteiger partial charge in [0.15, 0.2) is 0 Å². The maximum atomic E-state index is 11.4. The largest absolute Gasteiger partial charge is 0.465 e. The highest BCUT2D eigenvalue weighted by molar-refractivity contribution is 5.95. The van der Waals surface area contributed by atoms with Crippen LogP contribution >= 0.6 is 0 Å². The second-order valence-corrected chi connectivity index (χ2v) is 3.73. The second kappa shape index (κ2) is 5.51. The number of ether oxygens (including phenoxy) is 2. The maximum Gasteiger partial charge on any atom is 0.339 e. The number of carbonyl (C=O) groups is 1. The third kappa shape index (κ3) is 2.97. The lowest BCUT2D eigenvalue weighted by atomic mass is 10.1. The molecule has 0 aliphatic carbocycles. The fourth-order valence-electron chi connectivity index (χ4n) is 1.28. The summed E-state index contributed by atoms with van der Waals surface area (Å²) < 4.78 is 10.1. The van der Waals surface area contributed by atoms with Crippen molar-refractivity contribution in [1.29, 1.82) is 0 Å². The van der Waals surface area contributed by atoms with Crippen LogP contribution in [0.2, 0.25) is 0 Å². The number of anilines is 1. The molecule has 0 unspecified atom stereocenters.